The second kappa shape index (κ2) is 7.72. The Balaban J connectivity index is 2.99. The van der Waals surface area contributed by atoms with Crippen molar-refractivity contribution >= 4 is 11.9 Å². The van der Waals surface area contributed by atoms with Crippen LogP contribution in [-0.4, -0.2) is 46.2 Å². The van der Waals surface area contributed by atoms with E-state index < -0.39 is 41.1 Å². The first kappa shape index (κ1) is 24.5. The zero-order chi connectivity index (χ0) is 22.2. The lowest BCUT2D eigenvalue weighted by molar-refractivity contribution is -0.358. The average Bonchev–Trinajstić information content (AvgIpc) is 2.51. The van der Waals surface area contributed by atoms with Gasteiger partial charge in [0, 0.05) is 0 Å². The van der Waals surface area contributed by atoms with Crippen LogP contribution in [0.1, 0.15) is 59.8 Å². The van der Waals surface area contributed by atoms with Gasteiger partial charge in [-0.1, -0.05) is 19.3 Å². The number of esters is 2. The predicted octanol–water partition coefficient (Wildman–Crippen LogP) is 4.07. The number of carbonyl (C=O) groups is 2. The summed E-state index contributed by atoms with van der Waals surface area (Å²) in [5.41, 5.74) is -9.32. The Kier molecular flexibility index (Phi) is 6.76. The summed E-state index contributed by atoms with van der Waals surface area (Å²) in [4.78, 5) is 24.0. The maximum Gasteiger partial charge on any atom is 0.437 e. The van der Waals surface area contributed by atoms with E-state index in [4.69, 9.17) is 9.84 Å². The van der Waals surface area contributed by atoms with E-state index >= 15 is 0 Å². The summed E-state index contributed by atoms with van der Waals surface area (Å²) in [6.07, 6.45) is -8.52. The summed E-state index contributed by atoms with van der Waals surface area (Å²) in [6.45, 7) is 4.72. The van der Waals surface area contributed by atoms with Gasteiger partial charge < -0.3 is 14.6 Å². The van der Waals surface area contributed by atoms with Crippen molar-refractivity contribution in [2.24, 2.45) is 5.92 Å². The molecule has 1 fully saturated rings. The largest absolute Gasteiger partial charge is 0.456 e. The number of hydrogen-bond acceptors (Lipinski definition) is 5. The third kappa shape index (κ3) is 4.90. The van der Waals surface area contributed by atoms with Crippen LogP contribution in [0.25, 0.3) is 0 Å². The fourth-order valence-corrected chi connectivity index (χ4v) is 2.98. The highest BCUT2D eigenvalue weighted by molar-refractivity contribution is 5.87. The molecule has 5 nitrogen and oxygen atoms in total. The highest BCUT2D eigenvalue weighted by Gasteiger charge is 2.77. The molecule has 0 saturated heterocycles. The lowest BCUT2D eigenvalue weighted by Crippen LogP contribution is -2.64. The minimum absolute atomic E-state index is 0.0565. The van der Waals surface area contributed by atoms with Gasteiger partial charge in [0.2, 0.25) is 5.60 Å². The molecule has 0 aliphatic heterocycles. The maximum absolute atomic E-state index is 12.8. The van der Waals surface area contributed by atoms with Crippen molar-refractivity contribution in [1.29, 1.82) is 0 Å². The Morgan fingerprint density at radius 2 is 1.21 bits per heavy atom. The van der Waals surface area contributed by atoms with Crippen LogP contribution in [0.15, 0.2) is 0 Å². The van der Waals surface area contributed by atoms with Crippen LogP contribution in [0, 0.1) is 5.92 Å². The van der Waals surface area contributed by atoms with Gasteiger partial charge in [0.25, 0.3) is 0 Å². The van der Waals surface area contributed by atoms with Crippen LogP contribution in [0.2, 0.25) is 0 Å². The summed E-state index contributed by atoms with van der Waals surface area (Å²) < 4.78 is 85.9. The first-order valence-electron chi connectivity index (χ1n) is 8.69. The average molecular weight is 422 g/mol. The van der Waals surface area contributed by atoms with Gasteiger partial charge in [-0.3, -0.25) is 0 Å². The number of rotatable bonds is 5. The fraction of sp³-hybridized carbons (Fsp3) is 0.882. The Hall–Kier alpha value is -1.52. The quantitative estimate of drug-likeness (QED) is 0.534. The third-order valence-corrected chi connectivity index (χ3v) is 4.90. The lowest BCUT2D eigenvalue weighted by Gasteiger charge is -2.39. The monoisotopic (exact) mass is 422 g/mol. The summed E-state index contributed by atoms with van der Waals surface area (Å²) >= 11 is 0. The number of hydrogen-bond donors (Lipinski definition) is 1. The van der Waals surface area contributed by atoms with Crippen LogP contribution in [-0.2, 0) is 19.1 Å². The SMILES string of the molecule is CC(C)(OC(=O)C(O)(C(F)(F)F)C(F)(F)F)C(=O)OC(C)(C)C1CCCCC1. The molecular formula is C17H24F6O5. The van der Waals surface area contributed by atoms with Gasteiger partial charge in [-0.2, -0.15) is 26.3 Å². The first-order chi connectivity index (χ1) is 12.4. The Labute approximate surface area is 158 Å². The fourth-order valence-electron chi connectivity index (χ4n) is 2.98. The second-order valence-electron chi connectivity index (χ2n) is 7.93. The molecule has 0 spiro atoms. The number of carbonyl (C=O) groups excluding carboxylic acids is 2. The van der Waals surface area contributed by atoms with Gasteiger partial charge in [0.15, 0.2) is 0 Å². The van der Waals surface area contributed by atoms with Crippen molar-refractivity contribution in [3.63, 3.8) is 0 Å². The highest BCUT2D eigenvalue weighted by Crippen LogP contribution is 2.44. The van der Waals surface area contributed by atoms with Gasteiger partial charge >= 0.3 is 29.9 Å². The van der Waals surface area contributed by atoms with E-state index in [1.165, 1.54) is 0 Å². The molecule has 0 unspecified atom stereocenters. The van der Waals surface area contributed by atoms with Crippen molar-refractivity contribution in [1.82, 2.24) is 0 Å². The van der Waals surface area contributed by atoms with Crippen molar-refractivity contribution in [3.05, 3.63) is 0 Å². The van der Waals surface area contributed by atoms with E-state index in [1.807, 2.05) is 0 Å². The second-order valence-corrected chi connectivity index (χ2v) is 7.93. The van der Waals surface area contributed by atoms with Crippen LogP contribution < -0.4 is 0 Å². The Morgan fingerprint density at radius 1 is 0.786 bits per heavy atom. The summed E-state index contributed by atoms with van der Waals surface area (Å²) in [7, 11) is 0. The van der Waals surface area contributed by atoms with Gasteiger partial charge in [0.05, 0.1) is 0 Å². The molecule has 164 valence electrons. The first-order valence-corrected chi connectivity index (χ1v) is 8.69. The molecule has 0 aromatic rings. The van der Waals surface area contributed by atoms with E-state index in [2.05, 4.69) is 4.74 Å². The number of alkyl halides is 6. The van der Waals surface area contributed by atoms with Crippen LogP contribution in [0.3, 0.4) is 0 Å². The molecule has 1 aliphatic rings. The molecule has 1 rings (SSSR count). The Bertz CT molecular complexity index is 574. The van der Waals surface area contributed by atoms with Crippen molar-refractivity contribution in [2.75, 3.05) is 0 Å². The summed E-state index contributed by atoms with van der Waals surface area (Å²) in [5, 5.41) is 9.06. The van der Waals surface area contributed by atoms with Crippen molar-refractivity contribution in [3.8, 4) is 0 Å². The van der Waals surface area contributed by atoms with Crippen molar-refractivity contribution < 1.29 is 50.5 Å². The topological polar surface area (TPSA) is 72.8 Å². The van der Waals surface area contributed by atoms with E-state index in [0.717, 1.165) is 46.0 Å². The Morgan fingerprint density at radius 3 is 1.61 bits per heavy atom. The summed E-state index contributed by atoms with van der Waals surface area (Å²) in [5.74, 6) is -4.42. The molecule has 0 bridgehead atoms. The number of ether oxygens (including phenoxy) is 2. The van der Waals surface area contributed by atoms with Crippen LogP contribution in [0.5, 0.6) is 0 Å². The lowest BCUT2D eigenvalue weighted by atomic mass is 9.78. The minimum atomic E-state index is -6.40. The molecule has 0 heterocycles. The molecule has 1 aliphatic carbocycles. The normalized spacial score (nSPS) is 18.0. The molecular weight excluding hydrogens is 398 g/mol. The summed E-state index contributed by atoms with van der Waals surface area (Å²) in [6, 6.07) is 0. The van der Waals surface area contributed by atoms with Gasteiger partial charge in [-0.25, -0.2) is 9.59 Å². The molecule has 0 amide bonds. The molecule has 1 saturated carbocycles. The van der Waals surface area contributed by atoms with Gasteiger partial charge in [0.1, 0.15) is 5.60 Å². The zero-order valence-electron chi connectivity index (χ0n) is 16.0. The molecule has 0 radical (unpaired) electrons. The molecule has 28 heavy (non-hydrogen) atoms. The minimum Gasteiger partial charge on any atom is -0.456 e. The predicted molar refractivity (Wildman–Crippen MR) is 84.0 cm³/mol. The van der Waals surface area contributed by atoms with E-state index in [1.54, 1.807) is 13.8 Å². The smallest absolute Gasteiger partial charge is 0.437 e. The van der Waals surface area contributed by atoms with Crippen LogP contribution in [0.4, 0.5) is 26.3 Å². The standard InChI is InChI=1S/C17H24F6O5/c1-13(2,10-8-6-5-7-9-10)27-11(24)14(3,4)28-12(25)15(26,16(18,19)20)17(21,22)23/h10,26H,5-9H2,1-4H3. The highest BCUT2D eigenvalue weighted by atomic mass is 19.4. The van der Waals surface area contributed by atoms with Crippen molar-refractivity contribution in [2.45, 2.75) is 89.0 Å². The molecule has 0 atom stereocenters. The number of aliphatic hydroxyl groups is 1. The number of halogens is 6. The van der Waals surface area contributed by atoms with E-state index in [-0.39, 0.29) is 5.92 Å². The van der Waals surface area contributed by atoms with Crippen LogP contribution >= 0.6 is 0 Å². The molecule has 11 heteroatoms. The van der Waals surface area contributed by atoms with Gasteiger partial charge in [-0.05, 0) is 46.5 Å². The molecule has 0 aromatic heterocycles. The molecule has 1 N–H and O–H groups in total. The van der Waals surface area contributed by atoms with E-state index in [9.17, 15) is 35.9 Å². The van der Waals surface area contributed by atoms with Gasteiger partial charge in [-0.15, -0.1) is 0 Å². The maximum atomic E-state index is 12.8. The van der Waals surface area contributed by atoms with E-state index in [0.29, 0.717) is 0 Å². The molecule has 0 aromatic carbocycles. The third-order valence-electron chi connectivity index (χ3n) is 4.90. The zero-order valence-corrected chi connectivity index (χ0v) is 16.0.